The van der Waals surface area contributed by atoms with Gasteiger partial charge < -0.3 is 9.64 Å². The van der Waals surface area contributed by atoms with Crippen molar-refractivity contribution in [1.29, 1.82) is 0 Å². The lowest BCUT2D eigenvalue weighted by atomic mass is 9.91. The van der Waals surface area contributed by atoms with Crippen LogP contribution in [0.4, 0.5) is 0 Å². The third-order valence-corrected chi connectivity index (χ3v) is 3.45. The zero-order chi connectivity index (χ0) is 13.4. The number of carbonyl (C=O) groups excluding carboxylic acids is 1. The van der Waals surface area contributed by atoms with Crippen LogP contribution in [0.2, 0.25) is 0 Å². The highest BCUT2D eigenvalue weighted by Crippen LogP contribution is 2.15. The molecular weight excluding hydrogens is 214 g/mol. The van der Waals surface area contributed by atoms with Gasteiger partial charge in [-0.2, -0.15) is 0 Å². The lowest BCUT2D eigenvalue weighted by Crippen LogP contribution is -2.38. The van der Waals surface area contributed by atoms with E-state index in [2.05, 4.69) is 32.7 Å². The largest absolute Gasteiger partial charge is 0.382 e. The minimum Gasteiger partial charge on any atom is -0.382 e. The Morgan fingerprint density at radius 1 is 1.29 bits per heavy atom. The molecule has 0 heterocycles. The van der Waals surface area contributed by atoms with Crippen molar-refractivity contribution in [2.75, 3.05) is 26.8 Å². The third kappa shape index (κ3) is 6.79. The van der Waals surface area contributed by atoms with Gasteiger partial charge in [0.1, 0.15) is 5.78 Å². The van der Waals surface area contributed by atoms with Crippen LogP contribution < -0.4 is 0 Å². The maximum Gasteiger partial charge on any atom is 0.134 e. The fourth-order valence-corrected chi connectivity index (χ4v) is 1.92. The molecule has 0 aliphatic rings. The van der Waals surface area contributed by atoms with Gasteiger partial charge in [0.2, 0.25) is 0 Å². The summed E-state index contributed by atoms with van der Waals surface area (Å²) in [5.74, 6) is 0.854. The smallest absolute Gasteiger partial charge is 0.134 e. The number of rotatable bonds is 9. The maximum atomic E-state index is 11.6. The van der Waals surface area contributed by atoms with Gasteiger partial charge in [-0.15, -0.1) is 0 Å². The Bertz CT molecular complexity index is 216. The number of Topliss-reactive ketones (excluding diaryl/α,β-unsaturated/α-hetero) is 1. The maximum absolute atomic E-state index is 11.6. The van der Waals surface area contributed by atoms with E-state index >= 15 is 0 Å². The van der Waals surface area contributed by atoms with Crippen LogP contribution in [-0.2, 0) is 9.53 Å². The van der Waals surface area contributed by atoms with E-state index in [-0.39, 0.29) is 5.92 Å². The third-order valence-electron chi connectivity index (χ3n) is 3.45. The van der Waals surface area contributed by atoms with Gasteiger partial charge in [-0.3, -0.25) is 4.79 Å². The molecule has 0 aromatic carbocycles. The Morgan fingerprint density at radius 3 is 2.29 bits per heavy atom. The molecule has 0 saturated heterocycles. The molecule has 0 bridgehead atoms. The highest BCUT2D eigenvalue weighted by Gasteiger charge is 2.22. The quantitative estimate of drug-likeness (QED) is 0.583. The Morgan fingerprint density at radius 2 is 1.88 bits per heavy atom. The van der Waals surface area contributed by atoms with Crippen molar-refractivity contribution >= 4 is 5.78 Å². The average molecular weight is 243 g/mol. The highest BCUT2D eigenvalue weighted by atomic mass is 16.5. The second-order valence-corrected chi connectivity index (χ2v) is 5.24. The normalized spacial score (nSPS) is 15.3. The molecule has 2 atom stereocenters. The standard InChI is InChI=1S/C14H29NO2/c1-7-17-9-8-12(4)15(6)10-14(11(2)3)13(5)16/h11-12,14H,7-10H2,1-6H3. The molecule has 0 aromatic rings. The van der Waals surface area contributed by atoms with E-state index in [9.17, 15) is 4.79 Å². The summed E-state index contributed by atoms with van der Waals surface area (Å²) in [5.41, 5.74) is 0. The van der Waals surface area contributed by atoms with Crippen molar-refractivity contribution in [3.63, 3.8) is 0 Å². The predicted octanol–water partition coefficient (Wildman–Crippen LogP) is 2.59. The minimum atomic E-state index is 0.148. The lowest BCUT2D eigenvalue weighted by Gasteiger charge is -2.29. The summed E-state index contributed by atoms with van der Waals surface area (Å²) in [6.45, 7) is 12.6. The number of ketones is 1. The molecule has 0 amide bonds. The lowest BCUT2D eigenvalue weighted by molar-refractivity contribution is -0.122. The first-order chi connectivity index (χ1) is 7.90. The molecule has 2 unspecified atom stereocenters. The summed E-state index contributed by atoms with van der Waals surface area (Å²) >= 11 is 0. The van der Waals surface area contributed by atoms with Gasteiger partial charge in [-0.05, 0) is 40.2 Å². The van der Waals surface area contributed by atoms with Gasteiger partial charge in [-0.1, -0.05) is 13.8 Å². The molecule has 102 valence electrons. The van der Waals surface area contributed by atoms with Crippen LogP contribution in [0.3, 0.4) is 0 Å². The van der Waals surface area contributed by atoms with Crippen LogP contribution in [0.15, 0.2) is 0 Å². The Hall–Kier alpha value is -0.410. The number of hydrogen-bond acceptors (Lipinski definition) is 3. The summed E-state index contributed by atoms with van der Waals surface area (Å²) in [6, 6.07) is 0.460. The molecule has 0 aromatic heterocycles. The molecule has 0 radical (unpaired) electrons. The summed E-state index contributed by atoms with van der Waals surface area (Å²) in [5, 5.41) is 0. The second kappa shape index (κ2) is 8.65. The molecule has 0 aliphatic carbocycles. The average Bonchev–Trinajstić information content (AvgIpc) is 2.24. The van der Waals surface area contributed by atoms with Crippen molar-refractivity contribution < 1.29 is 9.53 Å². The summed E-state index contributed by atoms with van der Waals surface area (Å²) < 4.78 is 5.36. The van der Waals surface area contributed by atoms with Crippen LogP contribution in [0.5, 0.6) is 0 Å². The Kier molecular flexibility index (Phi) is 8.44. The number of nitrogens with zero attached hydrogens (tertiary/aromatic N) is 1. The Balaban J connectivity index is 4.11. The van der Waals surface area contributed by atoms with Crippen LogP contribution in [0, 0.1) is 11.8 Å². The summed E-state index contributed by atoms with van der Waals surface area (Å²) in [4.78, 5) is 13.8. The molecule has 0 spiro atoms. The van der Waals surface area contributed by atoms with E-state index in [4.69, 9.17) is 4.74 Å². The van der Waals surface area contributed by atoms with Gasteiger partial charge in [0, 0.05) is 31.7 Å². The number of carbonyl (C=O) groups is 1. The molecule has 0 aliphatic heterocycles. The van der Waals surface area contributed by atoms with Gasteiger partial charge in [0.05, 0.1) is 0 Å². The fraction of sp³-hybridized carbons (Fsp3) is 0.929. The summed E-state index contributed by atoms with van der Waals surface area (Å²) in [6.07, 6.45) is 1.02. The van der Waals surface area contributed by atoms with Gasteiger partial charge in [-0.25, -0.2) is 0 Å². The topological polar surface area (TPSA) is 29.5 Å². The van der Waals surface area contributed by atoms with Crippen molar-refractivity contribution in [2.24, 2.45) is 11.8 Å². The van der Waals surface area contributed by atoms with E-state index in [1.807, 2.05) is 6.92 Å². The first kappa shape index (κ1) is 16.6. The van der Waals surface area contributed by atoms with E-state index in [0.717, 1.165) is 26.2 Å². The Labute approximate surface area is 107 Å². The molecule has 3 nitrogen and oxygen atoms in total. The van der Waals surface area contributed by atoms with Gasteiger partial charge in [0.25, 0.3) is 0 Å². The first-order valence-electron chi connectivity index (χ1n) is 6.68. The fourth-order valence-electron chi connectivity index (χ4n) is 1.92. The second-order valence-electron chi connectivity index (χ2n) is 5.24. The van der Waals surface area contributed by atoms with E-state index in [1.165, 1.54) is 0 Å². The molecule has 0 N–H and O–H groups in total. The molecule has 0 fully saturated rings. The van der Waals surface area contributed by atoms with E-state index in [1.54, 1.807) is 6.92 Å². The zero-order valence-electron chi connectivity index (χ0n) is 12.3. The van der Waals surface area contributed by atoms with E-state index in [0.29, 0.717) is 17.7 Å². The minimum absolute atomic E-state index is 0.148. The molecule has 0 saturated carbocycles. The van der Waals surface area contributed by atoms with Crippen molar-refractivity contribution in [3.8, 4) is 0 Å². The predicted molar refractivity (Wildman–Crippen MR) is 72.2 cm³/mol. The first-order valence-corrected chi connectivity index (χ1v) is 6.68. The van der Waals surface area contributed by atoms with Gasteiger partial charge in [0.15, 0.2) is 0 Å². The molecular formula is C14H29NO2. The molecule has 0 rings (SSSR count). The van der Waals surface area contributed by atoms with Crippen molar-refractivity contribution in [2.45, 2.75) is 47.1 Å². The van der Waals surface area contributed by atoms with Crippen molar-refractivity contribution in [1.82, 2.24) is 4.90 Å². The monoisotopic (exact) mass is 243 g/mol. The number of hydrogen-bond donors (Lipinski definition) is 0. The van der Waals surface area contributed by atoms with Crippen molar-refractivity contribution in [3.05, 3.63) is 0 Å². The van der Waals surface area contributed by atoms with E-state index < -0.39 is 0 Å². The van der Waals surface area contributed by atoms with Crippen LogP contribution >= 0.6 is 0 Å². The van der Waals surface area contributed by atoms with Crippen LogP contribution in [0.25, 0.3) is 0 Å². The number of ether oxygens (including phenoxy) is 1. The van der Waals surface area contributed by atoms with Gasteiger partial charge >= 0.3 is 0 Å². The van der Waals surface area contributed by atoms with Crippen LogP contribution in [0.1, 0.15) is 41.0 Å². The zero-order valence-corrected chi connectivity index (χ0v) is 12.3. The summed E-state index contributed by atoms with van der Waals surface area (Å²) in [7, 11) is 2.09. The SMILES string of the molecule is CCOCCC(C)N(C)CC(C(C)=O)C(C)C. The molecule has 3 heteroatoms. The van der Waals surface area contributed by atoms with Crippen LogP contribution in [-0.4, -0.2) is 43.5 Å². The highest BCUT2D eigenvalue weighted by molar-refractivity contribution is 5.78. The molecule has 17 heavy (non-hydrogen) atoms.